The summed E-state index contributed by atoms with van der Waals surface area (Å²) in [6.45, 7) is 2.84. The predicted molar refractivity (Wildman–Crippen MR) is 63.2 cm³/mol. The number of nitrogens with zero attached hydrogens (tertiary/aromatic N) is 1. The molecule has 1 aliphatic heterocycles. The molecule has 0 aromatic rings. The lowest BCUT2D eigenvalue weighted by molar-refractivity contribution is -0.139. The van der Waals surface area contributed by atoms with Gasteiger partial charge in [-0.2, -0.15) is 0 Å². The van der Waals surface area contributed by atoms with E-state index < -0.39 is 5.54 Å². The van der Waals surface area contributed by atoms with Gasteiger partial charge in [0, 0.05) is 26.8 Å². The summed E-state index contributed by atoms with van der Waals surface area (Å²) in [6.07, 6.45) is 2.20. The number of carbonyl (C=O) groups excluding carboxylic acids is 1. The minimum atomic E-state index is -0.702. The van der Waals surface area contributed by atoms with Gasteiger partial charge < -0.3 is 20.7 Å². The Hall–Kier alpha value is -0.650. The maximum absolute atomic E-state index is 12.1. The molecule has 1 aliphatic rings. The Morgan fingerprint density at radius 2 is 2.12 bits per heavy atom. The molecule has 1 heterocycles. The molecular weight excluding hydrogens is 206 g/mol. The van der Waals surface area contributed by atoms with Gasteiger partial charge in [-0.15, -0.1) is 0 Å². The Labute approximate surface area is 97.3 Å². The molecule has 0 unspecified atom stereocenters. The van der Waals surface area contributed by atoms with Crippen molar-refractivity contribution in [2.24, 2.45) is 5.73 Å². The van der Waals surface area contributed by atoms with Crippen molar-refractivity contribution in [1.82, 2.24) is 10.2 Å². The largest absolute Gasteiger partial charge is 0.381 e. The fourth-order valence-corrected chi connectivity index (χ4v) is 1.92. The first-order valence-electron chi connectivity index (χ1n) is 5.87. The molecule has 1 fully saturated rings. The summed E-state index contributed by atoms with van der Waals surface area (Å²) in [5, 5.41) is 3.06. The van der Waals surface area contributed by atoms with Crippen LogP contribution in [-0.4, -0.2) is 56.7 Å². The van der Waals surface area contributed by atoms with Crippen molar-refractivity contribution in [3.8, 4) is 0 Å². The van der Waals surface area contributed by atoms with Crippen molar-refractivity contribution in [3.63, 3.8) is 0 Å². The van der Waals surface area contributed by atoms with Crippen LogP contribution in [0.15, 0.2) is 0 Å². The number of likely N-dealkylation sites (N-methyl/N-ethyl adjacent to an activating group) is 1. The molecular formula is C11H23N3O2. The average Bonchev–Trinajstić information content (AvgIpc) is 2.29. The molecule has 1 amide bonds. The smallest absolute Gasteiger partial charge is 0.242 e. The van der Waals surface area contributed by atoms with Crippen molar-refractivity contribution in [1.29, 1.82) is 0 Å². The summed E-state index contributed by atoms with van der Waals surface area (Å²) in [7, 11) is 3.73. The second-order valence-electron chi connectivity index (χ2n) is 4.45. The zero-order valence-electron chi connectivity index (χ0n) is 10.3. The van der Waals surface area contributed by atoms with Gasteiger partial charge >= 0.3 is 0 Å². The number of ether oxygens (including phenoxy) is 1. The van der Waals surface area contributed by atoms with E-state index in [0.717, 1.165) is 19.5 Å². The Morgan fingerprint density at radius 3 is 2.69 bits per heavy atom. The second-order valence-corrected chi connectivity index (χ2v) is 4.45. The van der Waals surface area contributed by atoms with Crippen LogP contribution in [0.3, 0.4) is 0 Å². The van der Waals surface area contributed by atoms with Crippen molar-refractivity contribution in [2.75, 3.05) is 40.4 Å². The van der Waals surface area contributed by atoms with E-state index >= 15 is 0 Å². The zero-order valence-corrected chi connectivity index (χ0v) is 10.3. The van der Waals surface area contributed by atoms with Crippen molar-refractivity contribution in [2.45, 2.75) is 24.8 Å². The number of nitrogens with two attached hydrogens (primary N) is 1. The molecule has 0 bridgehead atoms. The summed E-state index contributed by atoms with van der Waals surface area (Å²) in [5.41, 5.74) is 5.42. The third-order valence-corrected chi connectivity index (χ3v) is 3.08. The Morgan fingerprint density at radius 1 is 1.50 bits per heavy atom. The van der Waals surface area contributed by atoms with Crippen LogP contribution >= 0.6 is 0 Å². The maximum atomic E-state index is 12.1. The van der Waals surface area contributed by atoms with Gasteiger partial charge in [0.2, 0.25) is 5.91 Å². The van der Waals surface area contributed by atoms with Gasteiger partial charge in [-0.25, -0.2) is 0 Å². The molecule has 5 nitrogen and oxygen atoms in total. The molecule has 0 saturated carbocycles. The first-order valence-corrected chi connectivity index (χ1v) is 5.87. The number of hydrogen-bond acceptors (Lipinski definition) is 4. The van der Waals surface area contributed by atoms with E-state index in [1.807, 2.05) is 14.1 Å². The van der Waals surface area contributed by atoms with E-state index in [9.17, 15) is 4.79 Å². The van der Waals surface area contributed by atoms with E-state index in [0.29, 0.717) is 26.1 Å². The predicted octanol–water partition coefficient (Wildman–Crippen LogP) is -0.438. The highest BCUT2D eigenvalue weighted by atomic mass is 16.5. The first kappa shape index (κ1) is 13.4. The molecule has 0 aromatic carbocycles. The van der Waals surface area contributed by atoms with E-state index in [1.54, 1.807) is 4.90 Å². The van der Waals surface area contributed by atoms with Crippen LogP contribution in [0, 0.1) is 0 Å². The Kier molecular flexibility index (Phi) is 5.18. The van der Waals surface area contributed by atoms with Crippen LogP contribution in [-0.2, 0) is 9.53 Å². The average molecular weight is 229 g/mol. The summed E-state index contributed by atoms with van der Waals surface area (Å²) >= 11 is 0. The van der Waals surface area contributed by atoms with E-state index in [1.165, 1.54) is 0 Å². The first-order chi connectivity index (χ1) is 7.60. The van der Waals surface area contributed by atoms with Gasteiger partial charge in [-0.3, -0.25) is 4.79 Å². The third kappa shape index (κ3) is 3.43. The summed E-state index contributed by atoms with van der Waals surface area (Å²) in [4.78, 5) is 13.9. The number of rotatable bonds is 5. The highest BCUT2D eigenvalue weighted by Gasteiger charge is 2.37. The van der Waals surface area contributed by atoms with Gasteiger partial charge in [0.25, 0.3) is 0 Å². The summed E-state index contributed by atoms with van der Waals surface area (Å²) < 4.78 is 5.23. The van der Waals surface area contributed by atoms with Gasteiger partial charge in [0.15, 0.2) is 0 Å². The molecule has 1 rings (SSSR count). The van der Waals surface area contributed by atoms with Gasteiger partial charge in [-0.1, -0.05) is 0 Å². The number of hydrogen-bond donors (Lipinski definition) is 2. The maximum Gasteiger partial charge on any atom is 0.242 e. The zero-order chi connectivity index (χ0) is 12.0. The molecule has 5 heteroatoms. The lowest BCUT2D eigenvalue weighted by atomic mass is 9.90. The summed E-state index contributed by atoms with van der Waals surface area (Å²) in [5.74, 6) is 0.0481. The van der Waals surface area contributed by atoms with Crippen molar-refractivity contribution >= 4 is 5.91 Å². The minimum Gasteiger partial charge on any atom is -0.381 e. The Balaban J connectivity index is 2.41. The van der Waals surface area contributed by atoms with Gasteiger partial charge in [-0.05, 0) is 32.9 Å². The number of carbonyl (C=O) groups is 1. The number of amides is 1. The lowest BCUT2D eigenvalue weighted by Gasteiger charge is -2.35. The SMILES string of the molecule is CNCCCN(C)C(=O)C1(N)CCOCC1. The summed E-state index contributed by atoms with van der Waals surface area (Å²) in [6, 6.07) is 0. The molecule has 94 valence electrons. The van der Waals surface area contributed by atoms with Gasteiger partial charge in [0.05, 0.1) is 5.54 Å². The fourth-order valence-electron chi connectivity index (χ4n) is 1.92. The fraction of sp³-hybridized carbons (Fsp3) is 0.909. The van der Waals surface area contributed by atoms with Crippen LogP contribution < -0.4 is 11.1 Å². The van der Waals surface area contributed by atoms with Crippen molar-refractivity contribution in [3.05, 3.63) is 0 Å². The molecule has 16 heavy (non-hydrogen) atoms. The van der Waals surface area contributed by atoms with Crippen molar-refractivity contribution < 1.29 is 9.53 Å². The van der Waals surface area contributed by atoms with E-state index in [2.05, 4.69) is 5.32 Å². The number of nitrogens with one attached hydrogen (secondary N) is 1. The molecule has 3 N–H and O–H groups in total. The second kappa shape index (κ2) is 6.18. The molecule has 0 aromatic heterocycles. The molecule has 0 atom stereocenters. The normalized spacial score (nSPS) is 19.4. The van der Waals surface area contributed by atoms with E-state index in [-0.39, 0.29) is 5.91 Å². The molecule has 1 saturated heterocycles. The van der Waals surface area contributed by atoms with Crippen LogP contribution in [0.1, 0.15) is 19.3 Å². The molecule has 0 spiro atoms. The topological polar surface area (TPSA) is 67.6 Å². The van der Waals surface area contributed by atoms with E-state index in [4.69, 9.17) is 10.5 Å². The Bertz CT molecular complexity index is 227. The highest BCUT2D eigenvalue weighted by Crippen LogP contribution is 2.19. The van der Waals surface area contributed by atoms with Crippen LogP contribution in [0.5, 0.6) is 0 Å². The monoisotopic (exact) mass is 229 g/mol. The quantitative estimate of drug-likeness (QED) is 0.627. The standard InChI is InChI=1S/C11H23N3O2/c1-13-6-3-7-14(2)10(15)11(12)4-8-16-9-5-11/h13H,3-9,12H2,1-2H3. The molecule has 0 aliphatic carbocycles. The lowest BCUT2D eigenvalue weighted by Crippen LogP contribution is -2.57. The van der Waals surface area contributed by atoms with Crippen LogP contribution in [0.2, 0.25) is 0 Å². The van der Waals surface area contributed by atoms with Crippen LogP contribution in [0.25, 0.3) is 0 Å². The third-order valence-electron chi connectivity index (χ3n) is 3.08. The minimum absolute atomic E-state index is 0.0481. The highest BCUT2D eigenvalue weighted by molar-refractivity contribution is 5.86. The van der Waals surface area contributed by atoms with Crippen LogP contribution in [0.4, 0.5) is 0 Å². The van der Waals surface area contributed by atoms with Gasteiger partial charge in [0.1, 0.15) is 0 Å². The molecule has 0 radical (unpaired) electrons.